The number of likely N-dealkylation sites (tertiary alicyclic amines) is 1. The first kappa shape index (κ1) is 15.0. The van der Waals surface area contributed by atoms with E-state index < -0.39 is 0 Å². The molecule has 1 fully saturated rings. The Bertz CT molecular complexity index is 569. The van der Waals surface area contributed by atoms with E-state index in [4.69, 9.17) is 10.3 Å². The van der Waals surface area contributed by atoms with Crippen LogP contribution in [0, 0.1) is 5.92 Å². The van der Waals surface area contributed by atoms with Crippen LogP contribution in [0.4, 0.5) is 0 Å². The lowest BCUT2D eigenvalue weighted by atomic mass is 10.1. The Morgan fingerprint density at radius 3 is 3.05 bits per heavy atom. The van der Waals surface area contributed by atoms with Crippen LogP contribution in [0.5, 0.6) is 11.5 Å². The third-order valence-corrected chi connectivity index (χ3v) is 3.61. The molecule has 1 aromatic carbocycles. The molecule has 7 heteroatoms. The molecule has 1 amide bonds. The number of azide groups is 1. The van der Waals surface area contributed by atoms with Crippen molar-refractivity contribution in [3.05, 3.63) is 34.2 Å². The Morgan fingerprint density at radius 2 is 2.38 bits per heavy atom. The molecule has 7 nitrogen and oxygen atoms in total. The van der Waals surface area contributed by atoms with Crippen molar-refractivity contribution < 1.29 is 14.6 Å². The zero-order valence-electron chi connectivity index (χ0n) is 11.9. The number of rotatable bonds is 6. The summed E-state index contributed by atoms with van der Waals surface area (Å²) in [6.45, 7) is 1.58. The average molecular weight is 290 g/mol. The molecule has 0 radical (unpaired) electrons. The molecule has 1 aromatic rings. The predicted octanol–water partition coefficient (Wildman–Crippen LogP) is 2.10. The lowest BCUT2D eigenvalue weighted by molar-refractivity contribution is -0.127. The van der Waals surface area contributed by atoms with E-state index in [-0.39, 0.29) is 17.6 Å². The first-order valence-electron chi connectivity index (χ1n) is 6.78. The number of hydrogen-bond acceptors (Lipinski definition) is 4. The van der Waals surface area contributed by atoms with Gasteiger partial charge in [-0.3, -0.25) is 4.79 Å². The number of phenols is 1. The fourth-order valence-electron chi connectivity index (χ4n) is 2.50. The lowest BCUT2D eigenvalue weighted by Gasteiger charge is -2.16. The average Bonchev–Trinajstić information content (AvgIpc) is 2.83. The van der Waals surface area contributed by atoms with Crippen LogP contribution >= 0.6 is 0 Å². The molecule has 1 N–H and O–H groups in total. The molecule has 112 valence electrons. The summed E-state index contributed by atoms with van der Waals surface area (Å²) < 4.78 is 4.99. The summed E-state index contributed by atoms with van der Waals surface area (Å²) in [5, 5.41) is 13.2. The van der Waals surface area contributed by atoms with Gasteiger partial charge in [0.2, 0.25) is 5.91 Å². The summed E-state index contributed by atoms with van der Waals surface area (Å²) >= 11 is 0. The van der Waals surface area contributed by atoms with E-state index in [9.17, 15) is 9.90 Å². The van der Waals surface area contributed by atoms with Crippen LogP contribution < -0.4 is 4.74 Å². The third-order valence-electron chi connectivity index (χ3n) is 3.61. The summed E-state index contributed by atoms with van der Waals surface area (Å²) in [6.07, 6.45) is 1.10. The fraction of sp³-hybridized carbons (Fsp3) is 0.500. The Morgan fingerprint density at radius 1 is 1.57 bits per heavy atom. The topological polar surface area (TPSA) is 98.5 Å². The maximum absolute atomic E-state index is 11.9. The van der Waals surface area contributed by atoms with Crippen molar-refractivity contribution in [2.75, 3.05) is 26.7 Å². The second-order valence-electron chi connectivity index (χ2n) is 5.08. The Hall–Kier alpha value is -2.40. The number of carbonyl (C=O) groups is 1. The quantitative estimate of drug-likeness (QED) is 0.493. The summed E-state index contributed by atoms with van der Waals surface area (Å²) in [5.41, 5.74) is 9.25. The number of aromatic hydroxyl groups is 1. The van der Waals surface area contributed by atoms with E-state index in [0.717, 1.165) is 5.56 Å². The van der Waals surface area contributed by atoms with Gasteiger partial charge in [-0.2, -0.15) is 0 Å². The highest BCUT2D eigenvalue weighted by atomic mass is 16.5. The van der Waals surface area contributed by atoms with E-state index >= 15 is 0 Å². The third kappa shape index (κ3) is 3.79. The van der Waals surface area contributed by atoms with Crippen LogP contribution in [0.1, 0.15) is 12.0 Å². The molecule has 0 aromatic heterocycles. The van der Waals surface area contributed by atoms with E-state index in [1.807, 2.05) is 6.07 Å². The van der Waals surface area contributed by atoms with Gasteiger partial charge in [0.25, 0.3) is 0 Å². The van der Waals surface area contributed by atoms with E-state index in [0.29, 0.717) is 38.2 Å². The minimum absolute atomic E-state index is 0.0888. The zero-order chi connectivity index (χ0) is 15.2. The van der Waals surface area contributed by atoms with Gasteiger partial charge >= 0.3 is 0 Å². The van der Waals surface area contributed by atoms with Crippen molar-refractivity contribution in [2.24, 2.45) is 11.0 Å². The van der Waals surface area contributed by atoms with Crippen LogP contribution in [-0.2, 0) is 11.2 Å². The van der Waals surface area contributed by atoms with Gasteiger partial charge in [0, 0.05) is 31.0 Å². The Balaban J connectivity index is 1.89. The molecule has 1 aliphatic rings. The number of phenolic OH excluding ortho intramolecular Hbond substituents is 1. The van der Waals surface area contributed by atoms with Crippen molar-refractivity contribution in [3.63, 3.8) is 0 Å². The maximum atomic E-state index is 11.9. The highest BCUT2D eigenvalue weighted by Crippen LogP contribution is 2.27. The van der Waals surface area contributed by atoms with Crippen molar-refractivity contribution in [3.8, 4) is 11.5 Å². The number of ether oxygens (including phenoxy) is 1. The molecule has 2 rings (SSSR count). The van der Waals surface area contributed by atoms with Crippen LogP contribution in [0.3, 0.4) is 0 Å². The highest BCUT2D eigenvalue weighted by Gasteiger charge is 2.28. The fourth-order valence-corrected chi connectivity index (χ4v) is 2.50. The lowest BCUT2D eigenvalue weighted by Crippen LogP contribution is -2.27. The molecule has 0 bridgehead atoms. The normalized spacial score (nSPS) is 17.7. The number of benzene rings is 1. The standard InChI is InChI=1S/C14H18N4O3/c1-21-13-3-2-10(6-12(13)19)4-5-18-9-11(7-14(18)20)8-16-17-15/h2-3,6,11,19H,4-5,7-9H2,1H3. The van der Waals surface area contributed by atoms with Gasteiger partial charge in [0.1, 0.15) is 0 Å². The van der Waals surface area contributed by atoms with Gasteiger partial charge in [0.05, 0.1) is 7.11 Å². The second kappa shape index (κ2) is 6.85. The summed E-state index contributed by atoms with van der Waals surface area (Å²) in [4.78, 5) is 16.4. The number of methoxy groups -OCH3 is 1. The zero-order valence-corrected chi connectivity index (χ0v) is 11.9. The van der Waals surface area contributed by atoms with Gasteiger partial charge in [-0.05, 0) is 35.6 Å². The smallest absolute Gasteiger partial charge is 0.222 e. The van der Waals surface area contributed by atoms with Crippen LogP contribution in [0.25, 0.3) is 10.4 Å². The Kier molecular flexibility index (Phi) is 4.90. The second-order valence-corrected chi connectivity index (χ2v) is 5.08. The summed E-state index contributed by atoms with van der Waals surface area (Å²) in [6, 6.07) is 5.23. The molecule has 0 spiro atoms. The van der Waals surface area contributed by atoms with Crippen molar-refractivity contribution in [1.29, 1.82) is 0 Å². The molecular weight excluding hydrogens is 272 g/mol. The van der Waals surface area contributed by atoms with E-state index in [2.05, 4.69) is 10.0 Å². The number of carbonyl (C=O) groups excluding carboxylic acids is 1. The SMILES string of the molecule is COc1ccc(CCN2CC(CN=[N+]=[N-])CC2=O)cc1O. The van der Waals surface area contributed by atoms with Crippen molar-refractivity contribution in [2.45, 2.75) is 12.8 Å². The summed E-state index contributed by atoms with van der Waals surface area (Å²) in [7, 11) is 1.50. The predicted molar refractivity (Wildman–Crippen MR) is 77.1 cm³/mol. The summed E-state index contributed by atoms with van der Waals surface area (Å²) in [5.74, 6) is 0.734. The largest absolute Gasteiger partial charge is 0.504 e. The minimum atomic E-state index is 0.0888. The first-order valence-corrected chi connectivity index (χ1v) is 6.78. The monoisotopic (exact) mass is 290 g/mol. The van der Waals surface area contributed by atoms with E-state index in [1.54, 1.807) is 17.0 Å². The van der Waals surface area contributed by atoms with Crippen molar-refractivity contribution >= 4 is 5.91 Å². The number of hydrogen-bond donors (Lipinski definition) is 1. The van der Waals surface area contributed by atoms with Gasteiger partial charge in [-0.25, -0.2) is 0 Å². The number of nitrogens with zero attached hydrogens (tertiary/aromatic N) is 4. The first-order chi connectivity index (χ1) is 10.1. The molecule has 0 saturated carbocycles. The highest BCUT2D eigenvalue weighted by molar-refractivity contribution is 5.78. The van der Waals surface area contributed by atoms with Crippen LogP contribution in [0.2, 0.25) is 0 Å². The molecule has 1 atom stereocenters. The molecule has 1 unspecified atom stereocenters. The van der Waals surface area contributed by atoms with Gasteiger partial charge in [-0.15, -0.1) is 0 Å². The Labute approximate surface area is 122 Å². The molecule has 1 heterocycles. The maximum Gasteiger partial charge on any atom is 0.222 e. The number of amides is 1. The van der Waals surface area contributed by atoms with Gasteiger partial charge in [-0.1, -0.05) is 11.2 Å². The van der Waals surface area contributed by atoms with Crippen LogP contribution in [0.15, 0.2) is 23.3 Å². The molecule has 1 aliphatic heterocycles. The van der Waals surface area contributed by atoms with Gasteiger partial charge in [0.15, 0.2) is 11.5 Å². The molecule has 1 saturated heterocycles. The molecule has 0 aliphatic carbocycles. The molecule has 21 heavy (non-hydrogen) atoms. The van der Waals surface area contributed by atoms with Crippen molar-refractivity contribution in [1.82, 2.24) is 4.90 Å². The molecular formula is C14H18N4O3. The van der Waals surface area contributed by atoms with Crippen LogP contribution in [-0.4, -0.2) is 42.7 Å². The van der Waals surface area contributed by atoms with E-state index in [1.165, 1.54) is 7.11 Å². The van der Waals surface area contributed by atoms with Gasteiger partial charge < -0.3 is 14.7 Å². The minimum Gasteiger partial charge on any atom is -0.504 e.